The van der Waals surface area contributed by atoms with Gasteiger partial charge in [0.1, 0.15) is 0 Å². The van der Waals surface area contributed by atoms with Crippen LogP contribution in [0.3, 0.4) is 0 Å². The molecule has 0 radical (unpaired) electrons. The molecule has 2 heteroatoms. The summed E-state index contributed by atoms with van der Waals surface area (Å²) >= 11 is 0. The Hall–Kier alpha value is -0.860. The molecular formula is C18H29NO. The van der Waals surface area contributed by atoms with Crippen LogP contribution in [0.2, 0.25) is 0 Å². The van der Waals surface area contributed by atoms with Crippen LogP contribution < -0.4 is 5.32 Å². The van der Waals surface area contributed by atoms with Crippen LogP contribution in [0.4, 0.5) is 0 Å². The van der Waals surface area contributed by atoms with E-state index < -0.39 is 5.60 Å². The maximum absolute atomic E-state index is 10.8. The smallest absolute Gasteiger partial charge is 0.0689 e. The molecule has 2 nitrogen and oxygen atoms in total. The molecule has 112 valence electrons. The van der Waals surface area contributed by atoms with E-state index in [9.17, 15) is 5.11 Å². The second kappa shape index (κ2) is 7.24. The van der Waals surface area contributed by atoms with Crippen molar-refractivity contribution >= 4 is 0 Å². The van der Waals surface area contributed by atoms with Gasteiger partial charge in [0.15, 0.2) is 0 Å². The second-order valence-electron chi connectivity index (χ2n) is 6.30. The molecule has 0 saturated heterocycles. The number of rotatable bonds is 6. The summed E-state index contributed by atoms with van der Waals surface area (Å²) in [5.41, 5.74) is 2.15. The Morgan fingerprint density at radius 1 is 1.10 bits per heavy atom. The van der Waals surface area contributed by atoms with Gasteiger partial charge in [-0.15, -0.1) is 0 Å². The minimum Gasteiger partial charge on any atom is -0.390 e. The SMILES string of the molecule is CCCNC1CCC(O)(Cc2ccc(CC)cc2)CC1. The highest BCUT2D eigenvalue weighted by Gasteiger charge is 2.32. The van der Waals surface area contributed by atoms with Gasteiger partial charge in [-0.3, -0.25) is 0 Å². The number of aryl methyl sites for hydroxylation is 1. The summed E-state index contributed by atoms with van der Waals surface area (Å²) in [6.07, 6.45) is 7.11. The van der Waals surface area contributed by atoms with E-state index in [1.165, 1.54) is 17.5 Å². The second-order valence-corrected chi connectivity index (χ2v) is 6.30. The van der Waals surface area contributed by atoms with Gasteiger partial charge in [-0.05, 0) is 56.2 Å². The van der Waals surface area contributed by atoms with Crippen LogP contribution in [0.25, 0.3) is 0 Å². The van der Waals surface area contributed by atoms with E-state index in [-0.39, 0.29) is 0 Å². The molecule has 1 aliphatic rings. The van der Waals surface area contributed by atoms with Gasteiger partial charge in [0, 0.05) is 12.5 Å². The molecule has 1 aliphatic carbocycles. The minimum atomic E-state index is -0.488. The van der Waals surface area contributed by atoms with Crippen molar-refractivity contribution in [3.63, 3.8) is 0 Å². The highest BCUT2D eigenvalue weighted by Crippen LogP contribution is 2.31. The Labute approximate surface area is 123 Å². The predicted molar refractivity (Wildman–Crippen MR) is 85.0 cm³/mol. The van der Waals surface area contributed by atoms with Crippen LogP contribution in [0.15, 0.2) is 24.3 Å². The van der Waals surface area contributed by atoms with Crippen LogP contribution in [0.1, 0.15) is 57.1 Å². The zero-order valence-electron chi connectivity index (χ0n) is 13.0. The van der Waals surface area contributed by atoms with Crippen LogP contribution in [0.5, 0.6) is 0 Å². The monoisotopic (exact) mass is 275 g/mol. The van der Waals surface area contributed by atoms with Crippen LogP contribution in [-0.4, -0.2) is 23.3 Å². The predicted octanol–water partition coefficient (Wildman–Crippen LogP) is 3.46. The lowest BCUT2D eigenvalue weighted by atomic mass is 9.78. The van der Waals surface area contributed by atoms with Gasteiger partial charge >= 0.3 is 0 Å². The maximum atomic E-state index is 10.8. The van der Waals surface area contributed by atoms with Crippen molar-refractivity contribution in [3.8, 4) is 0 Å². The van der Waals surface area contributed by atoms with E-state index in [1.807, 2.05) is 0 Å². The van der Waals surface area contributed by atoms with Crippen LogP contribution >= 0.6 is 0 Å². The summed E-state index contributed by atoms with van der Waals surface area (Å²) in [6.45, 7) is 5.47. The third kappa shape index (κ3) is 4.32. The van der Waals surface area contributed by atoms with Crippen molar-refractivity contribution in [3.05, 3.63) is 35.4 Å². The summed E-state index contributed by atoms with van der Waals surface area (Å²) in [4.78, 5) is 0. The van der Waals surface area contributed by atoms with Crippen molar-refractivity contribution < 1.29 is 5.11 Å². The number of aliphatic hydroxyl groups is 1. The Bertz CT molecular complexity index is 390. The molecule has 1 fully saturated rings. The molecule has 0 aliphatic heterocycles. The van der Waals surface area contributed by atoms with E-state index in [0.717, 1.165) is 45.1 Å². The summed E-state index contributed by atoms with van der Waals surface area (Å²) in [5, 5.41) is 14.3. The fourth-order valence-corrected chi connectivity index (χ4v) is 3.16. The Morgan fingerprint density at radius 2 is 1.70 bits per heavy atom. The molecule has 1 aromatic rings. The van der Waals surface area contributed by atoms with Crippen LogP contribution in [-0.2, 0) is 12.8 Å². The molecule has 0 spiro atoms. The third-order valence-electron chi connectivity index (χ3n) is 4.56. The zero-order valence-corrected chi connectivity index (χ0v) is 13.0. The zero-order chi connectivity index (χ0) is 14.4. The van der Waals surface area contributed by atoms with E-state index >= 15 is 0 Å². The van der Waals surface area contributed by atoms with Gasteiger partial charge < -0.3 is 10.4 Å². The normalized spacial score (nSPS) is 26.6. The summed E-state index contributed by atoms with van der Waals surface area (Å²) in [7, 11) is 0. The van der Waals surface area contributed by atoms with Gasteiger partial charge in [-0.1, -0.05) is 38.1 Å². The molecular weight excluding hydrogens is 246 g/mol. The van der Waals surface area contributed by atoms with Gasteiger partial charge in [0.05, 0.1) is 5.60 Å². The van der Waals surface area contributed by atoms with Crippen molar-refractivity contribution in [2.24, 2.45) is 0 Å². The van der Waals surface area contributed by atoms with Gasteiger partial charge in [-0.25, -0.2) is 0 Å². The average Bonchev–Trinajstić information content (AvgIpc) is 2.47. The summed E-state index contributed by atoms with van der Waals surface area (Å²) < 4.78 is 0. The van der Waals surface area contributed by atoms with E-state index in [1.54, 1.807) is 0 Å². The largest absolute Gasteiger partial charge is 0.390 e. The Balaban J connectivity index is 1.86. The standard InChI is InChI=1S/C18H29NO/c1-3-13-19-17-9-11-18(20,12-10-17)14-16-7-5-15(4-2)6-8-16/h5-8,17,19-20H,3-4,9-14H2,1-2H3. The number of benzene rings is 1. The van der Waals surface area contributed by atoms with Crippen molar-refractivity contribution in [2.75, 3.05) is 6.54 Å². The molecule has 0 unspecified atom stereocenters. The lowest BCUT2D eigenvalue weighted by Crippen LogP contribution is -2.42. The first-order valence-electron chi connectivity index (χ1n) is 8.19. The molecule has 0 heterocycles. The van der Waals surface area contributed by atoms with E-state index in [0.29, 0.717) is 6.04 Å². The first-order chi connectivity index (χ1) is 9.65. The van der Waals surface area contributed by atoms with Crippen molar-refractivity contribution in [1.82, 2.24) is 5.32 Å². The molecule has 0 bridgehead atoms. The average molecular weight is 275 g/mol. The highest BCUT2D eigenvalue weighted by atomic mass is 16.3. The molecule has 0 amide bonds. The number of hydrogen-bond donors (Lipinski definition) is 2. The van der Waals surface area contributed by atoms with Crippen molar-refractivity contribution in [1.29, 1.82) is 0 Å². The van der Waals surface area contributed by atoms with Gasteiger partial charge in [-0.2, -0.15) is 0 Å². The molecule has 0 aromatic heterocycles. The molecule has 0 atom stereocenters. The number of nitrogens with one attached hydrogen (secondary N) is 1. The number of hydrogen-bond acceptors (Lipinski definition) is 2. The fraction of sp³-hybridized carbons (Fsp3) is 0.667. The molecule has 1 aromatic carbocycles. The highest BCUT2D eigenvalue weighted by molar-refractivity contribution is 5.24. The fourth-order valence-electron chi connectivity index (χ4n) is 3.16. The van der Waals surface area contributed by atoms with E-state index in [4.69, 9.17) is 0 Å². The summed E-state index contributed by atoms with van der Waals surface area (Å²) in [5.74, 6) is 0. The lowest BCUT2D eigenvalue weighted by molar-refractivity contribution is -0.00306. The molecule has 20 heavy (non-hydrogen) atoms. The first-order valence-corrected chi connectivity index (χ1v) is 8.19. The van der Waals surface area contributed by atoms with Gasteiger partial charge in [0.2, 0.25) is 0 Å². The van der Waals surface area contributed by atoms with Crippen molar-refractivity contribution in [2.45, 2.75) is 70.4 Å². The molecule has 1 saturated carbocycles. The third-order valence-corrected chi connectivity index (χ3v) is 4.56. The lowest BCUT2D eigenvalue weighted by Gasteiger charge is -2.36. The quantitative estimate of drug-likeness (QED) is 0.833. The Morgan fingerprint density at radius 3 is 2.25 bits per heavy atom. The van der Waals surface area contributed by atoms with E-state index in [2.05, 4.69) is 43.4 Å². The Kier molecular flexibility index (Phi) is 5.62. The minimum absolute atomic E-state index is 0.488. The summed E-state index contributed by atoms with van der Waals surface area (Å²) in [6, 6.07) is 9.34. The topological polar surface area (TPSA) is 32.3 Å². The first kappa shape index (κ1) is 15.5. The van der Waals surface area contributed by atoms with Gasteiger partial charge in [0.25, 0.3) is 0 Å². The maximum Gasteiger partial charge on any atom is 0.0689 e. The molecule has 2 N–H and O–H groups in total. The molecule has 2 rings (SSSR count). The van der Waals surface area contributed by atoms with Crippen LogP contribution in [0, 0.1) is 0 Å².